The molecular formula is C12H15N3. The monoisotopic (exact) mass is 201 g/mol. The molecular weight excluding hydrogens is 186 g/mol. The Kier molecular flexibility index (Phi) is 1.83. The Morgan fingerprint density at radius 1 is 1.40 bits per heavy atom. The molecule has 0 aliphatic heterocycles. The van der Waals surface area contributed by atoms with Gasteiger partial charge in [0.15, 0.2) is 0 Å². The van der Waals surface area contributed by atoms with E-state index in [4.69, 9.17) is 5.73 Å². The largest absolute Gasteiger partial charge is 0.330 e. The van der Waals surface area contributed by atoms with Crippen LogP contribution in [0.3, 0.4) is 0 Å². The summed E-state index contributed by atoms with van der Waals surface area (Å²) < 4.78 is 0. The smallest absolute Gasteiger partial charge is 0.0688 e. The van der Waals surface area contributed by atoms with Crippen molar-refractivity contribution in [3.8, 4) is 0 Å². The van der Waals surface area contributed by atoms with Gasteiger partial charge in [-0.05, 0) is 18.4 Å². The van der Waals surface area contributed by atoms with E-state index in [9.17, 15) is 0 Å². The van der Waals surface area contributed by atoms with Gasteiger partial charge in [-0.1, -0.05) is 24.6 Å². The minimum absolute atomic E-state index is 0.214. The Hall–Kier alpha value is -1.35. The molecule has 0 bridgehead atoms. The molecule has 0 unspecified atom stereocenters. The van der Waals surface area contributed by atoms with Gasteiger partial charge in [-0.2, -0.15) is 5.10 Å². The molecule has 0 atom stereocenters. The zero-order valence-corrected chi connectivity index (χ0v) is 8.66. The fraction of sp³-hybridized carbons (Fsp3) is 0.417. The van der Waals surface area contributed by atoms with E-state index < -0.39 is 0 Å². The Balaban J connectivity index is 2.21. The van der Waals surface area contributed by atoms with Gasteiger partial charge in [-0.15, -0.1) is 0 Å². The fourth-order valence-electron chi connectivity index (χ4n) is 2.60. The minimum atomic E-state index is 0.214. The molecule has 1 saturated carbocycles. The topological polar surface area (TPSA) is 54.7 Å². The number of rotatable bonds is 2. The van der Waals surface area contributed by atoms with E-state index in [1.807, 2.05) is 6.20 Å². The van der Waals surface area contributed by atoms with E-state index >= 15 is 0 Å². The van der Waals surface area contributed by atoms with Crippen molar-refractivity contribution < 1.29 is 0 Å². The van der Waals surface area contributed by atoms with Crippen LogP contribution in [-0.4, -0.2) is 16.7 Å². The lowest BCUT2D eigenvalue weighted by Crippen LogP contribution is -2.41. The fourth-order valence-corrected chi connectivity index (χ4v) is 2.60. The molecule has 78 valence electrons. The molecule has 3 nitrogen and oxygen atoms in total. The summed E-state index contributed by atoms with van der Waals surface area (Å²) >= 11 is 0. The molecule has 3 heteroatoms. The minimum Gasteiger partial charge on any atom is -0.330 e. The first-order valence-corrected chi connectivity index (χ1v) is 5.48. The number of aromatic amines is 1. The van der Waals surface area contributed by atoms with Crippen molar-refractivity contribution in [2.45, 2.75) is 24.7 Å². The molecule has 1 aromatic heterocycles. The summed E-state index contributed by atoms with van der Waals surface area (Å²) in [6.07, 6.45) is 5.59. The summed E-state index contributed by atoms with van der Waals surface area (Å²) in [6, 6.07) is 6.38. The van der Waals surface area contributed by atoms with E-state index in [0.29, 0.717) is 0 Å². The van der Waals surface area contributed by atoms with E-state index in [1.165, 1.54) is 35.7 Å². The number of H-pyrrole nitrogens is 1. The third-order valence-electron chi connectivity index (χ3n) is 3.75. The van der Waals surface area contributed by atoms with Crippen LogP contribution in [0.25, 0.3) is 10.9 Å². The average Bonchev–Trinajstić information content (AvgIpc) is 2.65. The summed E-state index contributed by atoms with van der Waals surface area (Å²) in [5.74, 6) is 0. The predicted octanol–water partition coefficient (Wildman–Crippen LogP) is 1.94. The van der Waals surface area contributed by atoms with Crippen LogP contribution in [0.1, 0.15) is 24.8 Å². The lowest BCUT2D eigenvalue weighted by atomic mass is 9.64. The highest BCUT2D eigenvalue weighted by Gasteiger charge is 2.38. The van der Waals surface area contributed by atoms with Gasteiger partial charge in [-0.3, -0.25) is 5.10 Å². The highest BCUT2D eigenvalue weighted by molar-refractivity contribution is 5.82. The lowest BCUT2D eigenvalue weighted by Gasteiger charge is -2.41. The quantitative estimate of drug-likeness (QED) is 0.780. The molecule has 0 spiro atoms. The molecule has 2 aromatic rings. The predicted molar refractivity (Wildman–Crippen MR) is 60.7 cm³/mol. The first-order chi connectivity index (χ1) is 7.36. The molecule has 0 amide bonds. The number of para-hydroxylation sites is 1. The summed E-state index contributed by atoms with van der Waals surface area (Å²) in [7, 11) is 0. The van der Waals surface area contributed by atoms with Crippen LogP contribution in [0, 0.1) is 0 Å². The number of fused-ring (bicyclic) bond motifs is 1. The molecule has 0 saturated heterocycles. The number of nitrogens with one attached hydrogen (secondary N) is 1. The normalized spacial score (nSPS) is 19.0. The zero-order chi connectivity index (χ0) is 10.3. The maximum absolute atomic E-state index is 5.93. The summed E-state index contributed by atoms with van der Waals surface area (Å²) in [4.78, 5) is 0. The number of nitrogens with zero attached hydrogens (tertiary/aromatic N) is 1. The van der Waals surface area contributed by atoms with Crippen molar-refractivity contribution in [3.05, 3.63) is 30.0 Å². The van der Waals surface area contributed by atoms with Crippen LogP contribution in [0.2, 0.25) is 0 Å². The summed E-state index contributed by atoms with van der Waals surface area (Å²) in [5.41, 5.74) is 8.66. The van der Waals surface area contributed by atoms with Crippen LogP contribution in [-0.2, 0) is 5.41 Å². The molecule has 15 heavy (non-hydrogen) atoms. The van der Waals surface area contributed by atoms with E-state index in [2.05, 4.69) is 28.4 Å². The van der Waals surface area contributed by atoms with Gasteiger partial charge in [0.2, 0.25) is 0 Å². The van der Waals surface area contributed by atoms with Crippen LogP contribution in [0.4, 0.5) is 0 Å². The first kappa shape index (κ1) is 8.92. The maximum Gasteiger partial charge on any atom is 0.0688 e. The highest BCUT2D eigenvalue weighted by atomic mass is 15.1. The Morgan fingerprint density at radius 2 is 2.27 bits per heavy atom. The maximum atomic E-state index is 5.93. The van der Waals surface area contributed by atoms with Gasteiger partial charge < -0.3 is 5.73 Å². The molecule has 1 aromatic carbocycles. The second kappa shape index (κ2) is 3.07. The average molecular weight is 201 g/mol. The molecule has 1 heterocycles. The zero-order valence-electron chi connectivity index (χ0n) is 8.66. The SMILES string of the molecule is NCC1(c2cccc3cn[nH]c23)CCC1. The van der Waals surface area contributed by atoms with Gasteiger partial charge >= 0.3 is 0 Å². The van der Waals surface area contributed by atoms with Crippen molar-refractivity contribution in [2.24, 2.45) is 5.73 Å². The first-order valence-electron chi connectivity index (χ1n) is 5.48. The van der Waals surface area contributed by atoms with Crippen molar-refractivity contribution in [1.29, 1.82) is 0 Å². The van der Waals surface area contributed by atoms with Crippen LogP contribution < -0.4 is 5.73 Å². The molecule has 0 radical (unpaired) electrons. The highest BCUT2D eigenvalue weighted by Crippen LogP contribution is 2.44. The van der Waals surface area contributed by atoms with E-state index in [1.54, 1.807) is 0 Å². The second-order valence-electron chi connectivity index (χ2n) is 4.48. The van der Waals surface area contributed by atoms with Crippen LogP contribution >= 0.6 is 0 Å². The van der Waals surface area contributed by atoms with Gasteiger partial charge in [-0.25, -0.2) is 0 Å². The number of aromatic nitrogens is 2. The third kappa shape index (κ3) is 1.13. The molecule has 1 aliphatic rings. The van der Waals surface area contributed by atoms with Crippen molar-refractivity contribution >= 4 is 10.9 Å². The molecule has 1 aliphatic carbocycles. The Bertz CT molecular complexity index is 477. The standard InChI is InChI=1S/C12H15N3/c13-8-12(5-2-6-12)10-4-1-3-9-7-14-15-11(9)10/h1,3-4,7H,2,5-6,8,13H2,(H,14,15). The van der Waals surface area contributed by atoms with Gasteiger partial charge in [0.05, 0.1) is 11.7 Å². The third-order valence-corrected chi connectivity index (χ3v) is 3.75. The van der Waals surface area contributed by atoms with Crippen molar-refractivity contribution in [3.63, 3.8) is 0 Å². The van der Waals surface area contributed by atoms with Crippen LogP contribution in [0.5, 0.6) is 0 Å². The number of hydrogen-bond donors (Lipinski definition) is 2. The Labute approximate surface area is 88.7 Å². The summed E-state index contributed by atoms with van der Waals surface area (Å²) in [5, 5.41) is 8.38. The number of hydrogen-bond acceptors (Lipinski definition) is 2. The molecule has 3 rings (SSSR count). The number of benzene rings is 1. The van der Waals surface area contributed by atoms with Crippen molar-refractivity contribution in [1.82, 2.24) is 10.2 Å². The van der Waals surface area contributed by atoms with Gasteiger partial charge in [0, 0.05) is 17.3 Å². The van der Waals surface area contributed by atoms with Gasteiger partial charge in [0.25, 0.3) is 0 Å². The number of nitrogens with two attached hydrogens (primary N) is 1. The van der Waals surface area contributed by atoms with Gasteiger partial charge in [0.1, 0.15) is 0 Å². The van der Waals surface area contributed by atoms with E-state index in [-0.39, 0.29) is 5.41 Å². The Morgan fingerprint density at radius 3 is 2.93 bits per heavy atom. The molecule has 3 N–H and O–H groups in total. The second-order valence-corrected chi connectivity index (χ2v) is 4.48. The van der Waals surface area contributed by atoms with E-state index in [0.717, 1.165) is 6.54 Å². The van der Waals surface area contributed by atoms with Crippen LogP contribution in [0.15, 0.2) is 24.4 Å². The summed E-state index contributed by atoms with van der Waals surface area (Å²) in [6.45, 7) is 0.741. The molecule has 1 fully saturated rings. The van der Waals surface area contributed by atoms with Crippen molar-refractivity contribution in [2.75, 3.05) is 6.54 Å². The lowest BCUT2D eigenvalue weighted by molar-refractivity contribution is 0.255.